The number of hydrogen-bond acceptors (Lipinski definition) is 3. The van der Waals surface area contributed by atoms with Crippen molar-refractivity contribution in [2.24, 2.45) is 5.92 Å². The van der Waals surface area contributed by atoms with Gasteiger partial charge < -0.3 is 10.1 Å². The van der Waals surface area contributed by atoms with E-state index in [1.807, 2.05) is 13.8 Å². The van der Waals surface area contributed by atoms with Gasteiger partial charge in [-0.15, -0.1) is 0 Å². The van der Waals surface area contributed by atoms with E-state index in [9.17, 15) is 4.79 Å². The highest BCUT2D eigenvalue weighted by atomic mass is 16.5. The van der Waals surface area contributed by atoms with Gasteiger partial charge in [0.1, 0.15) is 6.04 Å². The van der Waals surface area contributed by atoms with Crippen molar-refractivity contribution >= 4 is 5.97 Å². The average Bonchev–Trinajstić information content (AvgIpc) is 2.11. The van der Waals surface area contributed by atoms with Crippen LogP contribution in [0.3, 0.4) is 0 Å². The molecule has 0 saturated heterocycles. The first-order valence-corrected chi connectivity index (χ1v) is 4.12. The normalized spacial score (nSPS) is 14.6. The topological polar surface area (TPSA) is 38.3 Å². The van der Waals surface area contributed by atoms with Gasteiger partial charge in [0.05, 0.1) is 7.11 Å². The molecule has 0 aromatic carbocycles. The van der Waals surface area contributed by atoms with Crippen LogP contribution in [-0.2, 0) is 9.53 Å². The van der Waals surface area contributed by atoms with E-state index < -0.39 is 0 Å². The summed E-state index contributed by atoms with van der Waals surface area (Å²) < 4.78 is 4.64. The molecule has 3 nitrogen and oxygen atoms in total. The Kier molecular flexibility index (Phi) is 5.17. The molecule has 0 aliphatic carbocycles. The SMILES string of the molecule is C=CNC(C(=O)OC)[C@H](C)CC. The Bertz CT molecular complexity index is 157. The van der Waals surface area contributed by atoms with Gasteiger partial charge in [0.25, 0.3) is 0 Å². The maximum absolute atomic E-state index is 11.2. The summed E-state index contributed by atoms with van der Waals surface area (Å²) in [6.07, 6.45) is 2.45. The number of nitrogens with one attached hydrogen (secondary N) is 1. The summed E-state index contributed by atoms with van der Waals surface area (Å²) in [5.74, 6) is 0.0275. The molecular weight excluding hydrogens is 154 g/mol. The van der Waals surface area contributed by atoms with Crippen LogP contribution in [0.25, 0.3) is 0 Å². The third-order valence-electron chi connectivity index (χ3n) is 1.97. The van der Waals surface area contributed by atoms with Gasteiger partial charge in [-0.2, -0.15) is 0 Å². The molecule has 0 radical (unpaired) electrons. The lowest BCUT2D eigenvalue weighted by Gasteiger charge is -2.20. The lowest BCUT2D eigenvalue weighted by atomic mass is 9.99. The average molecular weight is 171 g/mol. The molecule has 12 heavy (non-hydrogen) atoms. The van der Waals surface area contributed by atoms with E-state index in [0.29, 0.717) is 0 Å². The van der Waals surface area contributed by atoms with Gasteiger partial charge in [-0.05, 0) is 12.1 Å². The zero-order valence-electron chi connectivity index (χ0n) is 7.96. The Hall–Kier alpha value is -0.990. The summed E-state index contributed by atoms with van der Waals surface area (Å²) in [6.45, 7) is 7.55. The number of rotatable bonds is 5. The summed E-state index contributed by atoms with van der Waals surface area (Å²) in [4.78, 5) is 11.2. The van der Waals surface area contributed by atoms with Gasteiger partial charge in [-0.25, -0.2) is 4.79 Å². The van der Waals surface area contributed by atoms with Gasteiger partial charge in [0.15, 0.2) is 0 Å². The molecule has 0 fully saturated rings. The smallest absolute Gasteiger partial charge is 0.328 e. The lowest BCUT2D eigenvalue weighted by molar-refractivity contribution is -0.144. The first kappa shape index (κ1) is 11.0. The molecule has 0 aliphatic heterocycles. The summed E-state index contributed by atoms with van der Waals surface area (Å²) in [5.41, 5.74) is 0. The number of esters is 1. The van der Waals surface area contributed by atoms with Gasteiger partial charge in [-0.3, -0.25) is 0 Å². The fourth-order valence-corrected chi connectivity index (χ4v) is 0.954. The zero-order valence-corrected chi connectivity index (χ0v) is 7.96. The predicted molar refractivity (Wildman–Crippen MR) is 48.6 cm³/mol. The van der Waals surface area contributed by atoms with Gasteiger partial charge in [0, 0.05) is 0 Å². The molecule has 0 rings (SSSR count). The van der Waals surface area contributed by atoms with Crippen molar-refractivity contribution in [3.8, 4) is 0 Å². The highest BCUT2D eigenvalue weighted by Gasteiger charge is 2.22. The lowest BCUT2D eigenvalue weighted by Crippen LogP contribution is -2.39. The molecule has 0 aliphatic rings. The largest absolute Gasteiger partial charge is 0.467 e. The Morgan fingerprint density at radius 2 is 2.33 bits per heavy atom. The van der Waals surface area contributed by atoms with Crippen LogP contribution in [0.5, 0.6) is 0 Å². The number of hydrogen-bond donors (Lipinski definition) is 1. The van der Waals surface area contributed by atoms with Crippen LogP contribution in [0.4, 0.5) is 0 Å². The van der Waals surface area contributed by atoms with Gasteiger partial charge >= 0.3 is 5.97 Å². The molecule has 3 heteroatoms. The Morgan fingerprint density at radius 3 is 2.67 bits per heavy atom. The second-order valence-electron chi connectivity index (χ2n) is 2.76. The molecule has 0 aromatic rings. The standard InChI is InChI=1S/C9H17NO2/c1-5-7(3)8(10-6-2)9(11)12-4/h6-8,10H,2,5H2,1,3-4H3/t7-,8?/m1/s1. The molecule has 0 amide bonds. The van der Waals surface area contributed by atoms with Crippen molar-refractivity contribution in [3.63, 3.8) is 0 Å². The van der Waals surface area contributed by atoms with Gasteiger partial charge in [-0.1, -0.05) is 26.8 Å². The highest BCUT2D eigenvalue weighted by molar-refractivity contribution is 5.76. The van der Waals surface area contributed by atoms with Crippen LogP contribution in [0.15, 0.2) is 12.8 Å². The Balaban J connectivity index is 4.20. The summed E-state index contributed by atoms with van der Waals surface area (Å²) in [7, 11) is 1.39. The second-order valence-corrected chi connectivity index (χ2v) is 2.76. The van der Waals surface area contributed by atoms with Crippen LogP contribution in [0, 0.1) is 5.92 Å². The minimum absolute atomic E-state index is 0.232. The van der Waals surface area contributed by atoms with Crippen molar-refractivity contribution in [1.29, 1.82) is 0 Å². The highest BCUT2D eigenvalue weighted by Crippen LogP contribution is 2.08. The number of carbonyl (C=O) groups is 1. The van der Waals surface area contributed by atoms with E-state index >= 15 is 0 Å². The minimum Gasteiger partial charge on any atom is -0.467 e. The van der Waals surface area contributed by atoms with Crippen molar-refractivity contribution in [3.05, 3.63) is 12.8 Å². The first-order valence-electron chi connectivity index (χ1n) is 4.12. The fourth-order valence-electron chi connectivity index (χ4n) is 0.954. The predicted octanol–water partition coefficient (Wildman–Crippen LogP) is 1.31. The summed E-state index contributed by atoms with van der Waals surface area (Å²) in [6, 6.07) is -0.266. The maximum Gasteiger partial charge on any atom is 0.328 e. The van der Waals surface area contributed by atoms with Crippen LogP contribution in [0.2, 0.25) is 0 Å². The molecule has 0 aromatic heterocycles. The summed E-state index contributed by atoms with van der Waals surface area (Å²) >= 11 is 0. The molecule has 70 valence electrons. The van der Waals surface area contributed by atoms with Crippen LogP contribution >= 0.6 is 0 Å². The van der Waals surface area contributed by atoms with E-state index in [-0.39, 0.29) is 17.9 Å². The Morgan fingerprint density at radius 1 is 1.75 bits per heavy atom. The summed E-state index contributed by atoms with van der Waals surface area (Å²) in [5, 5.41) is 2.87. The molecule has 1 N–H and O–H groups in total. The minimum atomic E-state index is -0.266. The first-order chi connectivity index (χ1) is 5.67. The monoisotopic (exact) mass is 171 g/mol. The van der Waals surface area contributed by atoms with E-state index in [2.05, 4.69) is 16.6 Å². The molecule has 2 atom stereocenters. The van der Waals surface area contributed by atoms with Crippen molar-refractivity contribution in [2.45, 2.75) is 26.3 Å². The Labute approximate surface area is 73.8 Å². The van der Waals surface area contributed by atoms with Crippen LogP contribution < -0.4 is 5.32 Å². The second kappa shape index (κ2) is 5.63. The van der Waals surface area contributed by atoms with Crippen molar-refractivity contribution in [2.75, 3.05) is 7.11 Å². The van der Waals surface area contributed by atoms with Crippen LogP contribution in [0.1, 0.15) is 20.3 Å². The van der Waals surface area contributed by atoms with Crippen molar-refractivity contribution in [1.82, 2.24) is 5.32 Å². The van der Waals surface area contributed by atoms with Crippen molar-refractivity contribution < 1.29 is 9.53 Å². The molecule has 1 unspecified atom stereocenters. The molecule has 0 saturated carbocycles. The molecule has 0 spiro atoms. The van der Waals surface area contributed by atoms with E-state index in [1.54, 1.807) is 0 Å². The number of carbonyl (C=O) groups excluding carboxylic acids is 1. The van der Waals surface area contributed by atoms with E-state index in [0.717, 1.165) is 6.42 Å². The third-order valence-corrected chi connectivity index (χ3v) is 1.97. The van der Waals surface area contributed by atoms with E-state index in [4.69, 9.17) is 0 Å². The fraction of sp³-hybridized carbons (Fsp3) is 0.667. The van der Waals surface area contributed by atoms with Crippen LogP contribution in [-0.4, -0.2) is 19.1 Å². The number of ether oxygens (including phenoxy) is 1. The molecule has 0 heterocycles. The number of methoxy groups -OCH3 is 1. The molecule has 0 bridgehead atoms. The third kappa shape index (κ3) is 2.95. The van der Waals surface area contributed by atoms with E-state index in [1.165, 1.54) is 13.3 Å². The maximum atomic E-state index is 11.2. The molecular formula is C9H17NO2. The quantitative estimate of drug-likeness (QED) is 0.634. The zero-order chi connectivity index (χ0) is 9.56. The van der Waals surface area contributed by atoms with Gasteiger partial charge in [0.2, 0.25) is 0 Å².